The van der Waals surface area contributed by atoms with Gasteiger partial charge in [0.05, 0.1) is 0 Å². The van der Waals surface area contributed by atoms with Gasteiger partial charge in [-0.1, -0.05) is 39.7 Å². The van der Waals surface area contributed by atoms with E-state index in [1.165, 1.54) is 37.4 Å². The fraction of sp³-hybridized carbons (Fsp3) is 0.750. The lowest BCUT2D eigenvalue weighted by Crippen LogP contribution is -2.35. The van der Waals surface area contributed by atoms with Crippen LogP contribution in [0.4, 0.5) is 0 Å². The van der Waals surface area contributed by atoms with Crippen LogP contribution in [-0.2, 0) is 6.42 Å². The molecule has 19 heavy (non-hydrogen) atoms. The number of rotatable bonds is 11. The third-order valence-electron chi connectivity index (χ3n) is 3.85. The summed E-state index contributed by atoms with van der Waals surface area (Å²) in [7, 11) is 0. The molecule has 110 valence electrons. The predicted molar refractivity (Wildman–Crippen MR) is 87.1 cm³/mol. The van der Waals surface area contributed by atoms with Crippen LogP contribution in [0.2, 0.25) is 0 Å². The molecule has 1 heterocycles. The number of thiophene rings is 1. The maximum atomic E-state index is 3.56. The molecule has 1 aromatic heterocycles. The van der Waals surface area contributed by atoms with Crippen molar-refractivity contribution in [3.63, 3.8) is 0 Å². The van der Waals surface area contributed by atoms with Crippen molar-refractivity contribution in [3.05, 3.63) is 22.4 Å². The Kier molecular flexibility index (Phi) is 9.14. The summed E-state index contributed by atoms with van der Waals surface area (Å²) in [5.74, 6) is 0.867. The first-order valence-corrected chi connectivity index (χ1v) is 8.63. The van der Waals surface area contributed by atoms with Gasteiger partial charge >= 0.3 is 0 Å². The first kappa shape index (κ1) is 16.7. The summed E-state index contributed by atoms with van der Waals surface area (Å²) in [5, 5.41) is 5.72. The van der Waals surface area contributed by atoms with E-state index in [0.29, 0.717) is 0 Å². The van der Waals surface area contributed by atoms with Crippen LogP contribution < -0.4 is 5.32 Å². The monoisotopic (exact) mass is 282 g/mol. The van der Waals surface area contributed by atoms with Gasteiger partial charge in [-0.15, -0.1) is 11.3 Å². The highest BCUT2D eigenvalue weighted by molar-refractivity contribution is 7.09. The zero-order chi connectivity index (χ0) is 13.9. The SMILES string of the molecule is CCC(CC)CN(CC)CCNCCc1cccs1. The normalized spacial score (nSPS) is 11.6. The van der Waals surface area contributed by atoms with Crippen LogP contribution in [0.3, 0.4) is 0 Å². The number of nitrogens with zero attached hydrogens (tertiary/aromatic N) is 1. The average Bonchev–Trinajstić information content (AvgIpc) is 2.95. The molecule has 1 N–H and O–H groups in total. The second-order valence-electron chi connectivity index (χ2n) is 5.16. The first-order valence-electron chi connectivity index (χ1n) is 7.75. The van der Waals surface area contributed by atoms with Crippen LogP contribution in [0.5, 0.6) is 0 Å². The molecule has 0 aromatic carbocycles. The van der Waals surface area contributed by atoms with Crippen molar-refractivity contribution in [2.24, 2.45) is 5.92 Å². The molecule has 0 saturated carbocycles. The Labute approximate surface area is 123 Å². The lowest BCUT2D eigenvalue weighted by molar-refractivity contribution is 0.234. The van der Waals surface area contributed by atoms with Gasteiger partial charge in [-0.3, -0.25) is 0 Å². The highest BCUT2D eigenvalue weighted by Gasteiger charge is 2.09. The van der Waals surface area contributed by atoms with E-state index in [9.17, 15) is 0 Å². The summed E-state index contributed by atoms with van der Waals surface area (Å²) in [6.07, 6.45) is 3.77. The van der Waals surface area contributed by atoms with E-state index in [4.69, 9.17) is 0 Å². The van der Waals surface area contributed by atoms with Crippen LogP contribution in [-0.4, -0.2) is 37.6 Å². The summed E-state index contributed by atoms with van der Waals surface area (Å²) >= 11 is 1.86. The van der Waals surface area contributed by atoms with Crippen LogP contribution in [0.1, 0.15) is 38.5 Å². The molecule has 3 heteroatoms. The van der Waals surface area contributed by atoms with Gasteiger partial charge in [0, 0.05) is 31.1 Å². The maximum absolute atomic E-state index is 3.56. The lowest BCUT2D eigenvalue weighted by Gasteiger charge is -2.25. The molecule has 0 aliphatic heterocycles. The van der Waals surface area contributed by atoms with Crippen molar-refractivity contribution in [1.82, 2.24) is 10.2 Å². The van der Waals surface area contributed by atoms with E-state index in [0.717, 1.165) is 25.4 Å². The van der Waals surface area contributed by atoms with Gasteiger partial charge in [0.15, 0.2) is 0 Å². The minimum Gasteiger partial charge on any atom is -0.315 e. The molecule has 0 amide bonds. The van der Waals surface area contributed by atoms with E-state index >= 15 is 0 Å². The fourth-order valence-electron chi connectivity index (χ4n) is 2.32. The molecule has 0 aliphatic rings. The van der Waals surface area contributed by atoms with Crippen molar-refractivity contribution in [2.75, 3.05) is 32.7 Å². The minimum absolute atomic E-state index is 0.867. The molecule has 0 unspecified atom stereocenters. The lowest BCUT2D eigenvalue weighted by atomic mass is 10.0. The standard InChI is InChI=1S/C16H30N2S/c1-4-15(5-2)14-18(6-3)12-11-17-10-9-16-8-7-13-19-16/h7-8,13,15,17H,4-6,9-12,14H2,1-3H3. The molecule has 0 atom stereocenters. The van der Waals surface area contributed by atoms with Crippen LogP contribution >= 0.6 is 11.3 Å². The zero-order valence-electron chi connectivity index (χ0n) is 12.8. The smallest absolute Gasteiger partial charge is 0.0107 e. The summed E-state index contributed by atoms with van der Waals surface area (Å²) < 4.78 is 0. The Morgan fingerprint density at radius 2 is 2.00 bits per heavy atom. The van der Waals surface area contributed by atoms with E-state index in [1.54, 1.807) is 0 Å². The van der Waals surface area contributed by atoms with Crippen molar-refractivity contribution in [3.8, 4) is 0 Å². The van der Waals surface area contributed by atoms with Crippen LogP contribution in [0, 0.1) is 5.92 Å². The molecule has 0 bridgehead atoms. The van der Waals surface area contributed by atoms with E-state index in [-0.39, 0.29) is 0 Å². The Balaban J connectivity index is 2.08. The molecular weight excluding hydrogens is 252 g/mol. The molecular formula is C16H30N2S. The summed E-state index contributed by atoms with van der Waals surface area (Å²) in [5.41, 5.74) is 0. The largest absolute Gasteiger partial charge is 0.315 e. The third kappa shape index (κ3) is 7.09. The van der Waals surface area contributed by atoms with Crippen molar-refractivity contribution in [2.45, 2.75) is 40.0 Å². The molecule has 0 spiro atoms. The second-order valence-corrected chi connectivity index (χ2v) is 6.19. The molecule has 0 aliphatic carbocycles. The van der Waals surface area contributed by atoms with Crippen molar-refractivity contribution in [1.29, 1.82) is 0 Å². The number of hydrogen-bond donors (Lipinski definition) is 1. The number of likely N-dealkylation sites (N-methyl/N-ethyl adjacent to an activating group) is 1. The highest BCUT2D eigenvalue weighted by Crippen LogP contribution is 2.09. The maximum Gasteiger partial charge on any atom is 0.0107 e. The average molecular weight is 282 g/mol. The molecule has 0 saturated heterocycles. The summed E-state index contributed by atoms with van der Waals surface area (Å²) in [6.45, 7) is 12.7. The Morgan fingerprint density at radius 3 is 2.58 bits per heavy atom. The van der Waals surface area contributed by atoms with E-state index < -0.39 is 0 Å². The minimum atomic E-state index is 0.867. The van der Waals surface area contributed by atoms with Gasteiger partial charge in [0.1, 0.15) is 0 Å². The molecule has 1 aromatic rings. The van der Waals surface area contributed by atoms with Crippen LogP contribution in [0.25, 0.3) is 0 Å². The molecule has 1 rings (SSSR count). The zero-order valence-corrected chi connectivity index (χ0v) is 13.6. The van der Waals surface area contributed by atoms with Gasteiger partial charge in [-0.2, -0.15) is 0 Å². The van der Waals surface area contributed by atoms with Crippen molar-refractivity contribution >= 4 is 11.3 Å². The van der Waals surface area contributed by atoms with Gasteiger partial charge in [-0.05, 0) is 30.3 Å². The van der Waals surface area contributed by atoms with E-state index in [1.807, 2.05) is 11.3 Å². The second kappa shape index (κ2) is 10.4. The molecule has 2 nitrogen and oxygen atoms in total. The molecule has 0 fully saturated rings. The Hall–Kier alpha value is -0.380. The van der Waals surface area contributed by atoms with Crippen molar-refractivity contribution < 1.29 is 0 Å². The van der Waals surface area contributed by atoms with Gasteiger partial charge < -0.3 is 10.2 Å². The van der Waals surface area contributed by atoms with Gasteiger partial charge in [0.25, 0.3) is 0 Å². The third-order valence-corrected chi connectivity index (χ3v) is 4.79. The number of nitrogens with one attached hydrogen (secondary N) is 1. The molecule has 0 radical (unpaired) electrons. The van der Waals surface area contributed by atoms with Gasteiger partial charge in [-0.25, -0.2) is 0 Å². The van der Waals surface area contributed by atoms with Gasteiger partial charge in [0.2, 0.25) is 0 Å². The fourth-order valence-corrected chi connectivity index (χ4v) is 3.03. The first-order chi connectivity index (χ1) is 9.30. The topological polar surface area (TPSA) is 15.3 Å². The van der Waals surface area contributed by atoms with E-state index in [2.05, 4.69) is 48.5 Å². The quantitative estimate of drug-likeness (QED) is 0.623. The summed E-state index contributed by atoms with van der Waals surface area (Å²) in [4.78, 5) is 4.06. The predicted octanol–water partition coefficient (Wildman–Crippen LogP) is 3.64. The highest BCUT2D eigenvalue weighted by atomic mass is 32.1. The summed E-state index contributed by atoms with van der Waals surface area (Å²) in [6, 6.07) is 4.35. The Morgan fingerprint density at radius 1 is 1.21 bits per heavy atom. The number of hydrogen-bond acceptors (Lipinski definition) is 3. The van der Waals surface area contributed by atoms with Crippen LogP contribution in [0.15, 0.2) is 17.5 Å². The Bertz CT molecular complexity index is 294.